The van der Waals surface area contributed by atoms with Gasteiger partial charge in [-0.05, 0) is 49.2 Å². The Kier molecular flexibility index (Phi) is 6.91. The van der Waals surface area contributed by atoms with Crippen LogP contribution in [0.25, 0.3) is 0 Å². The van der Waals surface area contributed by atoms with E-state index in [0.717, 1.165) is 24.9 Å². The zero-order valence-corrected chi connectivity index (χ0v) is 14.5. The van der Waals surface area contributed by atoms with Crippen molar-refractivity contribution in [1.82, 2.24) is 15.6 Å². The normalized spacial score (nSPS) is 15.9. The zero-order valence-electron chi connectivity index (χ0n) is 13.7. The van der Waals surface area contributed by atoms with Gasteiger partial charge in [0.2, 0.25) is 5.91 Å². The highest BCUT2D eigenvalue weighted by Crippen LogP contribution is 2.13. The van der Waals surface area contributed by atoms with E-state index in [1.54, 1.807) is 24.5 Å². The number of halogens is 1. The lowest BCUT2D eigenvalue weighted by Gasteiger charge is -2.12. The van der Waals surface area contributed by atoms with E-state index in [9.17, 15) is 9.59 Å². The van der Waals surface area contributed by atoms with E-state index in [1.807, 2.05) is 24.3 Å². The van der Waals surface area contributed by atoms with Gasteiger partial charge < -0.3 is 16.0 Å². The van der Waals surface area contributed by atoms with Crippen LogP contribution >= 0.6 is 12.4 Å². The van der Waals surface area contributed by atoms with Gasteiger partial charge in [0.1, 0.15) is 0 Å². The molecule has 7 heteroatoms. The highest BCUT2D eigenvalue weighted by Gasteiger charge is 2.21. The Hall–Kier alpha value is -2.44. The first kappa shape index (κ1) is 18.9. The van der Waals surface area contributed by atoms with Gasteiger partial charge in [-0.25, -0.2) is 0 Å². The number of anilines is 1. The quantitative estimate of drug-likeness (QED) is 0.762. The maximum Gasteiger partial charge on any atom is 0.255 e. The van der Waals surface area contributed by atoms with Gasteiger partial charge in [-0.1, -0.05) is 12.1 Å². The Labute approximate surface area is 152 Å². The summed E-state index contributed by atoms with van der Waals surface area (Å²) in [7, 11) is 0. The topological polar surface area (TPSA) is 83.1 Å². The first-order valence-electron chi connectivity index (χ1n) is 8.04. The number of nitrogens with one attached hydrogen (secondary N) is 3. The minimum atomic E-state index is -0.186. The highest BCUT2D eigenvalue weighted by molar-refractivity contribution is 6.04. The Morgan fingerprint density at radius 2 is 2.00 bits per heavy atom. The van der Waals surface area contributed by atoms with E-state index in [2.05, 4.69) is 20.9 Å². The maximum absolute atomic E-state index is 12.1. The third-order valence-corrected chi connectivity index (χ3v) is 3.97. The molecule has 1 aliphatic rings. The Morgan fingerprint density at radius 1 is 1.20 bits per heavy atom. The molecule has 0 saturated carbocycles. The average Bonchev–Trinajstić information content (AvgIpc) is 3.15. The summed E-state index contributed by atoms with van der Waals surface area (Å²) in [4.78, 5) is 28.1. The third kappa shape index (κ3) is 5.27. The van der Waals surface area contributed by atoms with Crippen molar-refractivity contribution in [3.05, 3.63) is 59.9 Å². The molecule has 0 spiro atoms. The van der Waals surface area contributed by atoms with Crippen LogP contribution in [-0.4, -0.2) is 29.4 Å². The van der Waals surface area contributed by atoms with E-state index in [0.29, 0.717) is 17.8 Å². The molecule has 0 bridgehead atoms. The molecule has 3 N–H and O–H groups in total. The minimum absolute atomic E-state index is 0. The van der Waals surface area contributed by atoms with Gasteiger partial charge in [-0.15, -0.1) is 12.4 Å². The lowest BCUT2D eigenvalue weighted by atomic mass is 10.1. The number of amides is 2. The van der Waals surface area contributed by atoms with Gasteiger partial charge in [0, 0.05) is 30.2 Å². The number of rotatable bonds is 5. The summed E-state index contributed by atoms with van der Waals surface area (Å²) in [6.07, 6.45) is 5.08. The van der Waals surface area contributed by atoms with Gasteiger partial charge in [-0.2, -0.15) is 0 Å². The molecule has 1 saturated heterocycles. The summed E-state index contributed by atoms with van der Waals surface area (Å²) < 4.78 is 0. The molecule has 132 valence electrons. The predicted octanol–water partition coefficient (Wildman–Crippen LogP) is 2.12. The number of hydrogen-bond acceptors (Lipinski definition) is 4. The second kappa shape index (κ2) is 9.15. The van der Waals surface area contributed by atoms with E-state index in [1.165, 1.54) is 0 Å². The average molecular weight is 361 g/mol. The van der Waals surface area contributed by atoms with E-state index >= 15 is 0 Å². The molecule has 1 atom stereocenters. The molecule has 1 aromatic heterocycles. The van der Waals surface area contributed by atoms with Crippen molar-refractivity contribution in [2.75, 3.05) is 11.9 Å². The number of benzene rings is 1. The van der Waals surface area contributed by atoms with Crippen molar-refractivity contribution < 1.29 is 9.59 Å². The molecule has 2 aromatic rings. The van der Waals surface area contributed by atoms with Crippen LogP contribution in [0.4, 0.5) is 5.69 Å². The fourth-order valence-electron chi connectivity index (χ4n) is 2.69. The van der Waals surface area contributed by atoms with Crippen molar-refractivity contribution in [2.24, 2.45) is 0 Å². The molecule has 1 fully saturated rings. The molecule has 2 amide bonds. The summed E-state index contributed by atoms with van der Waals surface area (Å²) in [6, 6.07) is 10.7. The fourth-order valence-corrected chi connectivity index (χ4v) is 2.69. The van der Waals surface area contributed by atoms with Crippen LogP contribution < -0.4 is 16.0 Å². The molecule has 6 nitrogen and oxygen atoms in total. The first-order valence-corrected chi connectivity index (χ1v) is 8.04. The van der Waals surface area contributed by atoms with E-state index < -0.39 is 0 Å². The molecular weight excluding hydrogens is 340 g/mol. The van der Waals surface area contributed by atoms with Gasteiger partial charge in [-0.3, -0.25) is 14.6 Å². The third-order valence-electron chi connectivity index (χ3n) is 3.97. The molecular formula is C18H21ClN4O2. The van der Waals surface area contributed by atoms with E-state index in [4.69, 9.17) is 0 Å². The molecule has 25 heavy (non-hydrogen) atoms. The number of nitrogens with zero attached hydrogens (tertiary/aromatic N) is 1. The van der Waals surface area contributed by atoms with Crippen molar-refractivity contribution in [1.29, 1.82) is 0 Å². The number of hydrogen-bond donors (Lipinski definition) is 3. The van der Waals surface area contributed by atoms with Crippen LogP contribution in [0.3, 0.4) is 0 Å². The van der Waals surface area contributed by atoms with Crippen molar-refractivity contribution >= 4 is 29.9 Å². The molecule has 0 aliphatic carbocycles. The molecule has 1 aromatic carbocycles. The first-order chi connectivity index (χ1) is 11.7. The molecule has 0 radical (unpaired) electrons. The Bertz CT molecular complexity index is 718. The van der Waals surface area contributed by atoms with Crippen LogP contribution in [0, 0.1) is 0 Å². The van der Waals surface area contributed by atoms with Gasteiger partial charge in [0.25, 0.3) is 5.91 Å². The summed E-state index contributed by atoms with van der Waals surface area (Å²) in [5.41, 5.74) is 2.19. The lowest BCUT2D eigenvalue weighted by Crippen LogP contribution is -2.39. The number of carbonyl (C=O) groups is 2. The SMILES string of the molecule is Cl.O=C(Nc1cccc(CNC(=O)C2CCCN2)c1)c1ccncc1. The lowest BCUT2D eigenvalue weighted by molar-refractivity contribution is -0.122. The number of carbonyl (C=O) groups excluding carboxylic acids is 2. The molecule has 2 heterocycles. The van der Waals surface area contributed by atoms with Crippen molar-refractivity contribution in [3.63, 3.8) is 0 Å². The minimum Gasteiger partial charge on any atom is -0.351 e. The largest absolute Gasteiger partial charge is 0.351 e. The van der Waals surface area contributed by atoms with Crippen LogP contribution in [-0.2, 0) is 11.3 Å². The maximum atomic E-state index is 12.1. The summed E-state index contributed by atoms with van der Waals surface area (Å²) in [5, 5.41) is 8.95. The predicted molar refractivity (Wildman–Crippen MR) is 98.8 cm³/mol. The van der Waals surface area contributed by atoms with Crippen LogP contribution in [0.5, 0.6) is 0 Å². The van der Waals surface area contributed by atoms with Gasteiger partial charge in [0.05, 0.1) is 6.04 Å². The molecule has 3 rings (SSSR count). The monoisotopic (exact) mass is 360 g/mol. The summed E-state index contributed by atoms with van der Waals surface area (Å²) in [6.45, 7) is 1.34. The van der Waals surface area contributed by atoms with Crippen LogP contribution in [0.2, 0.25) is 0 Å². The summed E-state index contributed by atoms with van der Waals surface area (Å²) in [5.74, 6) is -0.160. The smallest absolute Gasteiger partial charge is 0.255 e. The molecule has 1 unspecified atom stereocenters. The highest BCUT2D eigenvalue weighted by atomic mass is 35.5. The Balaban J connectivity index is 0.00000225. The van der Waals surface area contributed by atoms with Crippen molar-refractivity contribution in [3.8, 4) is 0 Å². The zero-order chi connectivity index (χ0) is 16.8. The van der Waals surface area contributed by atoms with Crippen molar-refractivity contribution in [2.45, 2.75) is 25.4 Å². The summed E-state index contributed by atoms with van der Waals surface area (Å²) >= 11 is 0. The number of aromatic nitrogens is 1. The number of pyridine rings is 1. The Morgan fingerprint density at radius 3 is 2.72 bits per heavy atom. The second-order valence-corrected chi connectivity index (χ2v) is 5.76. The van der Waals surface area contributed by atoms with Gasteiger partial charge in [0.15, 0.2) is 0 Å². The van der Waals surface area contributed by atoms with E-state index in [-0.39, 0.29) is 30.3 Å². The standard InChI is InChI=1S/C18H20N4O2.ClH/c23-17(14-6-9-19-10-7-14)22-15-4-1-3-13(11-15)12-21-18(24)16-5-2-8-20-16;/h1,3-4,6-7,9-11,16,20H,2,5,8,12H2,(H,21,24)(H,22,23);1H. The fraction of sp³-hybridized carbons (Fsp3) is 0.278. The van der Waals surface area contributed by atoms with Gasteiger partial charge >= 0.3 is 0 Å². The molecule has 1 aliphatic heterocycles. The van der Waals surface area contributed by atoms with Crippen LogP contribution in [0.15, 0.2) is 48.8 Å². The second-order valence-electron chi connectivity index (χ2n) is 5.76. The van der Waals surface area contributed by atoms with Crippen LogP contribution in [0.1, 0.15) is 28.8 Å².